The summed E-state index contributed by atoms with van der Waals surface area (Å²) in [5, 5.41) is 5.37. The lowest BCUT2D eigenvalue weighted by Gasteiger charge is -2.03. The van der Waals surface area contributed by atoms with E-state index in [4.69, 9.17) is 16.7 Å². The molecule has 0 aliphatic rings. The largest absolute Gasteiger partial charge is 0.235 e. The fourth-order valence-electron chi connectivity index (χ4n) is 0.877. The molecule has 1 aromatic rings. The Labute approximate surface area is 93.0 Å². The number of allylic oxidation sites excluding steroid dienone is 2. The van der Waals surface area contributed by atoms with Gasteiger partial charge in [-0.25, -0.2) is 23.5 Å². The molecule has 1 rings (SSSR count). The molecule has 1 aromatic heterocycles. The summed E-state index contributed by atoms with van der Waals surface area (Å²) in [6, 6.07) is 0. The molecule has 7 heteroatoms. The molecule has 0 aliphatic carbocycles. The topological polar surface area (TPSA) is 85.9 Å². The van der Waals surface area contributed by atoms with E-state index < -0.39 is 10.0 Å². The van der Waals surface area contributed by atoms with Gasteiger partial charge in [0, 0.05) is 18.0 Å². The number of hydrogen-bond acceptors (Lipinski definition) is 4. The predicted octanol–water partition coefficient (Wildman–Crippen LogP) is 1.17. The van der Waals surface area contributed by atoms with Crippen LogP contribution in [0.2, 0.25) is 5.02 Å². The lowest BCUT2D eigenvalue weighted by Crippen LogP contribution is -2.14. The van der Waals surface area contributed by atoms with E-state index in [1.54, 1.807) is 6.92 Å². The van der Waals surface area contributed by atoms with E-state index in [2.05, 4.69) is 9.97 Å². The average molecular weight is 248 g/mol. The molecule has 0 unspecified atom stereocenters. The Morgan fingerprint density at radius 3 is 2.20 bits per heavy atom. The van der Waals surface area contributed by atoms with Gasteiger partial charge in [0.1, 0.15) is 0 Å². The number of rotatable bonds is 2. The monoisotopic (exact) mass is 247 g/mol. The van der Waals surface area contributed by atoms with Gasteiger partial charge in [0.15, 0.2) is 5.82 Å². The van der Waals surface area contributed by atoms with E-state index in [-0.39, 0.29) is 4.91 Å². The maximum absolute atomic E-state index is 11.1. The van der Waals surface area contributed by atoms with Gasteiger partial charge in [0.05, 0.1) is 9.93 Å². The maximum atomic E-state index is 11.1. The number of nitrogens with two attached hydrogens (primary N) is 1. The number of halogens is 1. The quantitative estimate of drug-likeness (QED) is 0.850. The van der Waals surface area contributed by atoms with Gasteiger partial charge in [0.2, 0.25) is 10.0 Å². The van der Waals surface area contributed by atoms with Gasteiger partial charge < -0.3 is 0 Å². The third kappa shape index (κ3) is 2.98. The highest BCUT2D eigenvalue weighted by atomic mass is 35.5. The van der Waals surface area contributed by atoms with Crippen LogP contribution in [0, 0.1) is 0 Å². The third-order valence-electron chi connectivity index (χ3n) is 1.91. The molecule has 15 heavy (non-hydrogen) atoms. The lowest BCUT2D eigenvalue weighted by molar-refractivity contribution is 0.603. The highest BCUT2D eigenvalue weighted by Gasteiger charge is 2.12. The van der Waals surface area contributed by atoms with E-state index in [1.165, 1.54) is 19.3 Å². The van der Waals surface area contributed by atoms with Gasteiger partial charge in [0.25, 0.3) is 0 Å². The van der Waals surface area contributed by atoms with E-state index in [9.17, 15) is 8.42 Å². The molecule has 0 aliphatic heterocycles. The van der Waals surface area contributed by atoms with Gasteiger partial charge in [-0.05, 0) is 13.8 Å². The fraction of sp³-hybridized carbons (Fsp3) is 0.250. The van der Waals surface area contributed by atoms with Crippen molar-refractivity contribution in [2.75, 3.05) is 0 Å². The summed E-state index contributed by atoms with van der Waals surface area (Å²) in [5.74, 6) is 0.297. The van der Waals surface area contributed by atoms with Crippen molar-refractivity contribution < 1.29 is 8.42 Å². The second kappa shape index (κ2) is 4.26. The Kier molecular flexibility index (Phi) is 3.43. The zero-order valence-corrected chi connectivity index (χ0v) is 9.80. The van der Waals surface area contributed by atoms with Crippen LogP contribution in [-0.4, -0.2) is 18.4 Å². The fourth-order valence-corrected chi connectivity index (χ4v) is 1.49. The third-order valence-corrected chi connectivity index (χ3v) is 3.27. The van der Waals surface area contributed by atoms with E-state index in [0.29, 0.717) is 16.4 Å². The van der Waals surface area contributed by atoms with Gasteiger partial charge in [-0.3, -0.25) is 0 Å². The molecule has 0 aromatic carbocycles. The second-order valence-electron chi connectivity index (χ2n) is 2.95. The molecule has 0 amide bonds. The Hall–Kier alpha value is -0.980. The molecule has 2 N–H and O–H groups in total. The van der Waals surface area contributed by atoms with Crippen LogP contribution in [-0.2, 0) is 10.0 Å². The summed E-state index contributed by atoms with van der Waals surface area (Å²) in [6.07, 6.45) is 2.79. The smallest absolute Gasteiger partial charge is 0.234 e. The minimum Gasteiger partial charge on any atom is -0.235 e. The number of sulfonamides is 1. The van der Waals surface area contributed by atoms with E-state index >= 15 is 0 Å². The first kappa shape index (κ1) is 12.1. The minimum absolute atomic E-state index is 0.0461. The van der Waals surface area contributed by atoms with Crippen molar-refractivity contribution in [3.05, 3.63) is 28.1 Å². The molecular weight excluding hydrogens is 238 g/mol. The number of primary sulfonamides is 1. The van der Waals surface area contributed by atoms with Crippen molar-refractivity contribution in [3.63, 3.8) is 0 Å². The molecule has 1 heterocycles. The Balaban J connectivity index is 3.25. The number of hydrogen-bond donors (Lipinski definition) is 1. The maximum Gasteiger partial charge on any atom is 0.234 e. The Morgan fingerprint density at radius 1 is 1.33 bits per heavy atom. The van der Waals surface area contributed by atoms with Gasteiger partial charge in [-0.2, -0.15) is 0 Å². The van der Waals surface area contributed by atoms with Crippen LogP contribution in [0.5, 0.6) is 0 Å². The zero-order chi connectivity index (χ0) is 11.6. The first-order valence-corrected chi connectivity index (χ1v) is 5.93. The van der Waals surface area contributed by atoms with Crippen molar-refractivity contribution in [2.45, 2.75) is 13.8 Å². The van der Waals surface area contributed by atoms with Crippen LogP contribution < -0.4 is 5.14 Å². The van der Waals surface area contributed by atoms with Crippen LogP contribution >= 0.6 is 11.6 Å². The first-order chi connectivity index (χ1) is 6.82. The molecule has 0 saturated carbocycles. The molecule has 0 saturated heterocycles. The van der Waals surface area contributed by atoms with Gasteiger partial charge >= 0.3 is 0 Å². The summed E-state index contributed by atoms with van der Waals surface area (Å²) < 4.78 is 22.1. The predicted molar refractivity (Wildman–Crippen MR) is 58.4 cm³/mol. The van der Waals surface area contributed by atoms with Crippen LogP contribution in [0.3, 0.4) is 0 Å². The summed E-state index contributed by atoms with van der Waals surface area (Å²) in [6.45, 7) is 2.99. The molecule has 0 fully saturated rings. The highest BCUT2D eigenvalue weighted by molar-refractivity contribution is 7.93. The minimum atomic E-state index is -3.69. The normalized spacial score (nSPS) is 13.6. The summed E-state index contributed by atoms with van der Waals surface area (Å²) in [5.41, 5.74) is 0.411. The first-order valence-electron chi connectivity index (χ1n) is 4.00. The van der Waals surface area contributed by atoms with Crippen LogP contribution in [0.25, 0.3) is 5.57 Å². The molecule has 0 bridgehead atoms. The second-order valence-corrected chi connectivity index (χ2v) is 5.09. The number of aromatic nitrogens is 2. The molecular formula is C8H10ClN3O2S. The molecule has 82 valence electrons. The SMILES string of the molecule is CC(=C(C)S(N)(=O)=O)c1ncc(Cl)cn1. The summed E-state index contributed by atoms with van der Waals surface area (Å²) in [7, 11) is -3.69. The van der Waals surface area contributed by atoms with Gasteiger partial charge in [-0.1, -0.05) is 11.6 Å². The molecule has 0 atom stereocenters. The van der Waals surface area contributed by atoms with Crippen molar-refractivity contribution in [1.82, 2.24) is 9.97 Å². The van der Waals surface area contributed by atoms with E-state index in [1.807, 2.05) is 0 Å². The average Bonchev–Trinajstić information content (AvgIpc) is 2.15. The van der Waals surface area contributed by atoms with Crippen LogP contribution in [0.4, 0.5) is 0 Å². The molecule has 0 spiro atoms. The van der Waals surface area contributed by atoms with E-state index in [0.717, 1.165) is 0 Å². The Morgan fingerprint density at radius 2 is 1.80 bits per heavy atom. The zero-order valence-electron chi connectivity index (χ0n) is 8.23. The molecule has 0 radical (unpaired) electrons. The highest BCUT2D eigenvalue weighted by Crippen LogP contribution is 2.17. The van der Waals surface area contributed by atoms with Crippen LogP contribution in [0.1, 0.15) is 19.7 Å². The van der Waals surface area contributed by atoms with Crippen molar-refractivity contribution in [3.8, 4) is 0 Å². The van der Waals surface area contributed by atoms with Crippen molar-refractivity contribution in [1.29, 1.82) is 0 Å². The summed E-state index contributed by atoms with van der Waals surface area (Å²) >= 11 is 5.60. The number of nitrogens with zero attached hydrogens (tertiary/aromatic N) is 2. The van der Waals surface area contributed by atoms with Crippen molar-refractivity contribution in [2.24, 2.45) is 5.14 Å². The van der Waals surface area contributed by atoms with Crippen LogP contribution in [0.15, 0.2) is 17.3 Å². The summed E-state index contributed by atoms with van der Waals surface area (Å²) in [4.78, 5) is 7.83. The van der Waals surface area contributed by atoms with Gasteiger partial charge in [-0.15, -0.1) is 0 Å². The standard InChI is InChI=1S/C8H10ClN3O2S/c1-5(6(2)15(10,13)14)8-11-3-7(9)4-12-8/h3-4H,1-2H3,(H2,10,13,14). The van der Waals surface area contributed by atoms with Crippen molar-refractivity contribution >= 4 is 27.2 Å². The lowest BCUT2D eigenvalue weighted by atomic mass is 10.3. The molecule has 5 nitrogen and oxygen atoms in total. The Bertz CT molecular complexity index is 493.